The van der Waals surface area contributed by atoms with Crippen molar-refractivity contribution in [2.45, 2.75) is 30.3 Å². The molecule has 0 saturated heterocycles. The highest BCUT2D eigenvalue weighted by molar-refractivity contribution is 8.13. The van der Waals surface area contributed by atoms with Crippen molar-refractivity contribution in [2.24, 2.45) is 0 Å². The van der Waals surface area contributed by atoms with Crippen LogP contribution in [-0.2, 0) is 9.05 Å². The molecule has 0 heterocycles. The largest absolute Gasteiger partial charge is 0.485 e. The van der Waals surface area contributed by atoms with Crippen LogP contribution in [0.1, 0.15) is 19.3 Å². The van der Waals surface area contributed by atoms with Gasteiger partial charge in [0.15, 0.2) is 0 Å². The Morgan fingerprint density at radius 1 is 1.40 bits per heavy atom. The van der Waals surface area contributed by atoms with Crippen molar-refractivity contribution in [1.29, 1.82) is 0 Å². The summed E-state index contributed by atoms with van der Waals surface area (Å²) in [6, 6.07) is 3.35. The minimum absolute atomic E-state index is 0.0298. The van der Waals surface area contributed by atoms with E-state index in [0.717, 1.165) is 25.3 Å². The van der Waals surface area contributed by atoms with Crippen molar-refractivity contribution in [3.63, 3.8) is 0 Å². The second-order valence-electron chi connectivity index (χ2n) is 4.34. The van der Waals surface area contributed by atoms with Gasteiger partial charge in [0.1, 0.15) is 16.7 Å². The molecule has 1 aliphatic carbocycles. The zero-order chi connectivity index (χ0) is 14.8. The minimum Gasteiger partial charge on any atom is -0.485 e. The van der Waals surface area contributed by atoms with Crippen molar-refractivity contribution >= 4 is 25.4 Å². The van der Waals surface area contributed by atoms with Gasteiger partial charge in [0.05, 0.1) is 4.92 Å². The van der Waals surface area contributed by atoms with Crippen molar-refractivity contribution in [2.75, 3.05) is 0 Å². The molecule has 1 aromatic rings. The van der Waals surface area contributed by atoms with Gasteiger partial charge < -0.3 is 4.74 Å². The molecule has 0 N–H and O–H groups in total. The number of non-ortho nitro benzene ring substituents is 1. The minimum atomic E-state index is -4.12. The number of halogens is 1. The molecule has 0 saturated carbocycles. The van der Waals surface area contributed by atoms with Crippen molar-refractivity contribution in [3.05, 3.63) is 40.5 Å². The quantitative estimate of drug-likeness (QED) is 0.369. The molecular weight excluding hydrogens is 306 g/mol. The lowest BCUT2D eigenvalue weighted by molar-refractivity contribution is -0.385. The molecule has 20 heavy (non-hydrogen) atoms. The Labute approximate surface area is 120 Å². The van der Waals surface area contributed by atoms with Gasteiger partial charge in [0.25, 0.3) is 14.7 Å². The first-order valence-corrected chi connectivity index (χ1v) is 8.25. The van der Waals surface area contributed by atoms with Gasteiger partial charge in [-0.05, 0) is 31.4 Å². The van der Waals surface area contributed by atoms with Gasteiger partial charge in [-0.1, -0.05) is 6.08 Å². The van der Waals surface area contributed by atoms with Crippen molar-refractivity contribution < 1.29 is 18.1 Å². The lowest BCUT2D eigenvalue weighted by atomic mass is 10.1. The predicted molar refractivity (Wildman–Crippen MR) is 73.5 cm³/mol. The second-order valence-corrected chi connectivity index (χ2v) is 6.88. The topological polar surface area (TPSA) is 86.5 Å². The Hall–Kier alpha value is -1.60. The third-order valence-corrected chi connectivity index (χ3v) is 4.23. The Kier molecular flexibility index (Phi) is 4.29. The van der Waals surface area contributed by atoms with Crippen LogP contribution < -0.4 is 4.74 Å². The van der Waals surface area contributed by atoms with Gasteiger partial charge in [-0.3, -0.25) is 10.1 Å². The number of allylic oxidation sites excluding steroid dienone is 1. The first-order chi connectivity index (χ1) is 9.38. The van der Waals surface area contributed by atoms with Crippen LogP contribution in [0.5, 0.6) is 5.75 Å². The summed E-state index contributed by atoms with van der Waals surface area (Å²) in [6.07, 6.45) is 6.21. The van der Waals surface area contributed by atoms with E-state index in [1.54, 1.807) is 0 Å². The number of ether oxygens (including phenoxy) is 1. The molecule has 0 amide bonds. The molecule has 0 bridgehead atoms. The van der Waals surface area contributed by atoms with Crippen LogP contribution in [-0.4, -0.2) is 19.4 Å². The average molecular weight is 318 g/mol. The fourth-order valence-corrected chi connectivity index (χ4v) is 2.92. The Bertz CT molecular complexity index is 656. The summed E-state index contributed by atoms with van der Waals surface area (Å²) in [4.78, 5) is 9.63. The molecule has 1 atom stereocenters. The van der Waals surface area contributed by atoms with Gasteiger partial charge in [-0.2, -0.15) is 0 Å². The summed E-state index contributed by atoms with van der Waals surface area (Å²) in [6.45, 7) is 0. The molecule has 1 aliphatic rings. The van der Waals surface area contributed by atoms with E-state index < -0.39 is 14.0 Å². The number of rotatable bonds is 4. The average Bonchev–Trinajstić information content (AvgIpc) is 2.39. The summed E-state index contributed by atoms with van der Waals surface area (Å²) in [5, 5.41) is 10.7. The molecule has 8 heteroatoms. The number of benzene rings is 1. The third kappa shape index (κ3) is 3.49. The van der Waals surface area contributed by atoms with Crippen LogP contribution in [0.25, 0.3) is 0 Å². The summed E-state index contributed by atoms with van der Waals surface area (Å²) >= 11 is 0. The number of nitrogens with zero attached hydrogens (tertiary/aromatic N) is 1. The second kappa shape index (κ2) is 5.80. The smallest absolute Gasteiger partial charge is 0.271 e. The van der Waals surface area contributed by atoms with E-state index in [9.17, 15) is 18.5 Å². The fraction of sp³-hybridized carbons (Fsp3) is 0.333. The summed E-state index contributed by atoms with van der Waals surface area (Å²) in [5.74, 6) is 0.0298. The third-order valence-electron chi connectivity index (χ3n) is 2.89. The Morgan fingerprint density at radius 2 is 2.15 bits per heavy atom. The molecule has 108 valence electrons. The van der Waals surface area contributed by atoms with E-state index in [-0.39, 0.29) is 22.4 Å². The van der Waals surface area contributed by atoms with Gasteiger partial charge in [0, 0.05) is 22.8 Å². The predicted octanol–water partition coefficient (Wildman–Crippen LogP) is 3.01. The van der Waals surface area contributed by atoms with E-state index >= 15 is 0 Å². The molecule has 0 radical (unpaired) electrons. The van der Waals surface area contributed by atoms with Crippen LogP contribution >= 0.6 is 10.7 Å². The van der Waals surface area contributed by atoms with E-state index in [2.05, 4.69) is 0 Å². The molecule has 2 rings (SSSR count). The number of hydrogen-bond acceptors (Lipinski definition) is 5. The fourth-order valence-electron chi connectivity index (χ4n) is 1.94. The molecular formula is C12H12ClNO5S. The first kappa shape index (κ1) is 14.8. The van der Waals surface area contributed by atoms with Gasteiger partial charge in [0.2, 0.25) is 0 Å². The van der Waals surface area contributed by atoms with E-state index in [4.69, 9.17) is 15.4 Å². The Morgan fingerprint density at radius 3 is 2.70 bits per heavy atom. The summed E-state index contributed by atoms with van der Waals surface area (Å²) < 4.78 is 28.6. The lowest BCUT2D eigenvalue weighted by Gasteiger charge is -2.19. The highest BCUT2D eigenvalue weighted by Crippen LogP contribution is 2.32. The molecule has 6 nitrogen and oxygen atoms in total. The number of nitro benzene ring substituents is 1. The number of nitro groups is 1. The molecule has 0 aromatic heterocycles. The van der Waals surface area contributed by atoms with E-state index in [0.29, 0.717) is 0 Å². The highest BCUT2D eigenvalue weighted by atomic mass is 35.7. The van der Waals surface area contributed by atoms with Gasteiger partial charge in [-0.25, -0.2) is 8.42 Å². The monoisotopic (exact) mass is 317 g/mol. The summed E-state index contributed by atoms with van der Waals surface area (Å²) in [5.41, 5.74) is -0.351. The zero-order valence-corrected chi connectivity index (χ0v) is 11.9. The standard InChI is InChI=1S/C12H12ClNO5S/c13-20(17,18)12-8-9(14(15)16)6-7-11(12)19-10-4-2-1-3-5-10/h2,4,6-8,10H,1,3,5H2. The van der Waals surface area contributed by atoms with Crippen LogP contribution in [0.15, 0.2) is 35.2 Å². The maximum Gasteiger partial charge on any atom is 0.271 e. The molecule has 1 aromatic carbocycles. The van der Waals surface area contributed by atoms with Crippen molar-refractivity contribution in [1.82, 2.24) is 0 Å². The van der Waals surface area contributed by atoms with Crippen molar-refractivity contribution in [3.8, 4) is 5.75 Å². The van der Waals surface area contributed by atoms with Crippen LogP contribution in [0.3, 0.4) is 0 Å². The maximum absolute atomic E-state index is 11.5. The lowest BCUT2D eigenvalue weighted by Crippen LogP contribution is -2.16. The van der Waals surface area contributed by atoms with E-state index in [1.807, 2.05) is 12.2 Å². The molecule has 0 aliphatic heterocycles. The van der Waals surface area contributed by atoms with E-state index in [1.165, 1.54) is 12.1 Å². The molecule has 0 spiro atoms. The van der Waals surface area contributed by atoms with Gasteiger partial charge >= 0.3 is 0 Å². The molecule has 1 unspecified atom stereocenters. The number of hydrogen-bond donors (Lipinski definition) is 0. The van der Waals surface area contributed by atoms with Crippen LogP contribution in [0.2, 0.25) is 0 Å². The normalized spacial score (nSPS) is 18.8. The van der Waals surface area contributed by atoms with Gasteiger partial charge in [-0.15, -0.1) is 0 Å². The highest BCUT2D eigenvalue weighted by Gasteiger charge is 2.23. The van der Waals surface area contributed by atoms with Crippen LogP contribution in [0, 0.1) is 10.1 Å². The SMILES string of the molecule is O=[N+]([O-])c1ccc(OC2C=CCCC2)c(S(=O)(=O)Cl)c1. The molecule has 0 fully saturated rings. The Balaban J connectivity index is 2.39. The maximum atomic E-state index is 11.5. The zero-order valence-electron chi connectivity index (χ0n) is 10.4. The summed E-state index contributed by atoms with van der Waals surface area (Å²) in [7, 11) is 1.19. The first-order valence-electron chi connectivity index (χ1n) is 5.94. The van der Waals surface area contributed by atoms with Crippen LogP contribution in [0.4, 0.5) is 5.69 Å².